The highest BCUT2D eigenvalue weighted by Crippen LogP contribution is 2.47. The molecule has 0 bridgehead atoms. The first-order valence-electron chi connectivity index (χ1n) is 12.4. The zero-order valence-corrected chi connectivity index (χ0v) is 22.0. The van der Waals surface area contributed by atoms with E-state index in [1.54, 1.807) is 32.4 Å². The smallest absolute Gasteiger partial charge is 0.335 e. The number of carboxylic acid groups (broad SMARTS) is 1. The molecule has 0 spiro atoms. The molecule has 2 aromatic heterocycles. The van der Waals surface area contributed by atoms with Crippen LogP contribution >= 0.6 is 0 Å². The van der Waals surface area contributed by atoms with Gasteiger partial charge in [0.05, 0.1) is 32.0 Å². The van der Waals surface area contributed by atoms with Gasteiger partial charge in [-0.1, -0.05) is 13.8 Å². The van der Waals surface area contributed by atoms with Crippen molar-refractivity contribution in [3.8, 4) is 11.4 Å². The molecule has 1 saturated heterocycles. The summed E-state index contributed by atoms with van der Waals surface area (Å²) in [5.74, 6) is -2.23. The van der Waals surface area contributed by atoms with Crippen LogP contribution in [0, 0.1) is 11.6 Å². The Morgan fingerprint density at radius 3 is 2.71 bits per heavy atom. The van der Waals surface area contributed by atoms with Crippen molar-refractivity contribution in [2.75, 3.05) is 27.4 Å². The number of carboxylic acids is 1. The van der Waals surface area contributed by atoms with Crippen molar-refractivity contribution >= 4 is 27.8 Å². The number of nitrogens with zero attached hydrogens (tertiary/aromatic N) is 2. The minimum atomic E-state index is -1.31. The zero-order chi connectivity index (χ0) is 27.4. The number of aromatic nitrogens is 3. The second-order valence-corrected chi connectivity index (χ2v) is 10.7. The lowest BCUT2D eigenvalue weighted by molar-refractivity contribution is -0.170. The van der Waals surface area contributed by atoms with E-state index in [1.165, 1.54) is 13.2 Å². The molecule has 5 rings (SSSR count). The lowest BCUT2D eigenvalue weighted by atomic mass is 9.79. The molecule has 4 aromatic rings. The predicted molar refractivity (Wildman–Crippen MR) is 138 cm³/mol. The summed E-state index contributed by atoms with van der Waals surface area (Å²) in [6.45, 7) is 5.98. The van der Waals surface area contributed by atoms with E-state index in [-0.39, 0.29) is 30.2 Å². The highest BCUT2D eigenvalue weighted by Gasteiger charge is 2.43. The number of ether oxygens (including phenoxy) is 3. The number of aliphatic carboxylic acids is 1. The van der Waals surface area contributed by atoms with Crippen LogP contribution in [-0.2, 0) is 19.7 Å². The van der Waals surface area contributed by atoms with Gasteiger partial charge in [0.25, 0.3) is 0 Å². The lowest BCUT2D eigenvalue weighted by Crippen LogP contribution is -2.43. The standard InChI is InChI=1S/C28H31F2N3O5/c1-27(2,14-36-4)25-21(15-8-9-28(3,26(34)35)38-13-15)22-19(10-16-12-31-32-24(16)23(22)30)33(25)17-6-7-18(29)20(11-17)37-5/h6-7,10-12,15H,8-9,13-14H2,1-5H3,(H,31,32)(H,34,35)/t15-,28+/m1/s1. The van der Waals surface area contributed by atoms with Gasteiger partial charge in [0.15, 0.2) is 23.0 Å². The summed E-state index contributed by atoms with van der Waals surface area (Å²) in [4.78, 5) is 11.8. The summed E-state index contributed by atoms with van der Waals surface area (Å²) >= 11 is 0. The molecule has 2 N–H and O–H groups in total. The van der Waals surface area contributed by atoms with Crippen molar-refractivity contribution in [3.05, 3.63) is 53.4 Å². The minimum absolute atomic E-state index is 0.0597. The predicted octanol–water partition coefficient (Wildman–Crippen LogP) is 5.45. The molecule has 2 atom stereocenters. The molecule has 8 nitrogen and oxygen atoms in total. The average molecular weight is 528 g/mol. The van der Waals surface area contributed by atoms with Crippen molar-refractivity contribution < 1.29 is 32.9 Å². The number of H-pyrrole nitrogens is 1. The molecule has 0 amide bonds. The molecule has 1 aliphatic rings. The van der Waals surface area contributed by atoms with E-state index >= 15 is 4.39 Å². The van der Waals surface area contributed by atoms with E-state index in [0.29, 0.717) is 40.6 Å². The van der Waals surface area contributed by atoms with Gasteiger partial charge in [-0.3, -0.25) is 5.10 Å². The Hall–Kier alpha value is -3.50. The lowest BCUT2D eigenvalue weighted by Gasteiger charge is -2.36. The van der Waals surface area contributed by atoms with Crippen LogP contribution in [0.5, 0.6) is 5.75 Å². The molecule has 1 fully saturated rings. The molecule has 3 heterocycles. The Kier molecular flexibility index (Phi) is 6.43. The van der Waals surface area contributed by atoms with Gasteiger partial charge < -0.3 is 23.9 Å². The number of hydrogen-bond acceptors (Lipinski definition) is 5. The normalized spacial score (nSPS) is 20.3. The SMILES string of the molecule is COCC(C)(C)c1c([C@@H]2CC[C@@](C)(C(=O)O)OC2)c2c(F)c3[nH]ncc3cc2n1-c1ccc(F)c(OC)c1. The van der Waals surface area contributed by atoms with Crippen LogP contribution in [0.25, 0.3) is 27.5 Å². The zero-order valence-electron chi connectivity index (χ0n) is 22.0. The quantitative estimate of drug-likeness (QED) is 0.331. The van der Waals surface area contributed by atoms with Crippen molar-refractivity contribution in [3.63, 3.8) is 0 Å². The van der Waals surface area contributed by atoms with Gasteiger partial charge in [0, 0.05) is 46.7 Å². The third kappa shape index (κ3) is 4.03. The fourth-order valence-corrected chi connectivity index (χ4v) is 5.67. The number of fused-ring (bicyclic) bond motifs is 2. The second-order valence-electron chi connectivity index (χ2n) is 10.7. The Morgan fingerprint density at radius 2 is 2.08 bits per heavy atom. The van der Waals surface area contributed by atoms with Gasteiger partial charge in [-0.15, -0.1) is 0 Å². The average Bonchev–Trinajstić information content (AvgIpc) is 3.49. The minimum Gasteiger partial charge on any atom is -0.494 e. The highest BCUT2D eigenvalue weighted by atomic mass is 19.1. The first-order chi connectivity index (χ1) is 18.0. The van der Waals surface area contributed by atoms with Crippen LogP contribution < -0.4 is 4.74 Å². The number of carbonyl (C=O) groups is 1. The van der Waals surface area contributed by atoms with Crippen molar-refractivity contribution in [1.82, 2.24) is 14.8 Å². The number of aromatic amines is 1. The summed E-state index contributed by atoms with van der Waals surface area (Å²) in [5.41, 5.74) is 0.990. The molecule has 0 radical (unpaired) electrons. The summed E-state index contributed by atoms with van der Waals surface area (Å²) in [6, 6.07) is 6.39. The van der Waals surface area contributed by atoms with Crippen LogP contribution in [0.1, 0.15) is 50.8 Å². The Labute approximate surface area is 218 Å². The third-order valence-corrected chi connectivity index (χ3v) is 7.62. The third-order valence-electron chi connectivity index (χ3n) is 7.62. The first kappa shape index (κ1) is 26.1. The van der Waals surface area contributed by atoms with Crippen LogP contribution in [0.15, 0.2) is 30.5 Å². The molecule has 0 unspecified atom stereocenters. The number of rotatable bonds is 7. The molecule has 202 valence electrons. The molecule has 2 aromatic carbocycles. The van der Waals surface area contributed by atoms with Gasteiger partial charge in [-0.25, -0.2) is 13.6 Å². The second kappa shape index (κ2) is 9.36. The molecule has 0 saturated carbocycles. The van der Waals surface area contributed by atoms with Crippen LogP contribution in [0.4, 0.5) is 8.78 Å². The molecule has 10 heteroatoms. The van der Waals surface area contributed by atoms with Gasteiger partial charge in [0.1, 0.15) is 5.52 Å². The summed E-state index contributed by atoms with van der Waals surface area (Å²) in [5, 5.41) is 17.4. The van der Waals surface area contributed by atoms with E-state index in [1.807, 2.05) is 24.5 Å². The molecule has 38 heavy (non-hydrogen) atoms. The van der Waals surface area contributed by atoms with Crippen molar-refractivity contribution in [2.24, 2.45) is 0 Å². The largest absolute Gasteiger partial charge is 0.494 e. The van der Waals surface area contributed by atoms with E-state index in [0.717, 1.165) is 5.69 Å². The fourth-order valence-electron chi connectivity index (χ4n) is 5.67. The summed E-state index contributed by atoms with van der Waals surface area (Å²) < 4.78 is 49.5. The number of hydrogen-bond donors (Lipinski definition) is 2. The molecule has 0 aliphatic carbocycles. The Morgan fingerprint density at radius 1 is 1.32 bits per heavy atom. The summed E-state index contributed by atoms with van der Waals surface area (Å²) in [6.07, 6.45) is 2.30. The molecular weight excluding hydrogens is 496 g/mol. The topological polar surface area (TPSA) is 98.6 Å². The fraction of sp³-hybridized carbons (Fsp3) is 0.429. The highest BCUT2D eigenvalue weighted by molar-refractivity contribution is 6.00. The maximum atomic E-state index is 16.4. The Balaban J connectivity index is 1.87. The van der Waals surface area contributed by atoms with Crippen molar-refractivity contribution in [2.45, 2.75) is 50.5 Å². The van der Waals surface area contributed by atoms with E-state index in [2.05, 4.69) is 10.2 Å². The van der Waals surface area contributed by atoms with Crippen molar-refractivity contribution in [1.29, 1.82) is 0 Å². The number of benzene rings is 2. The number of nitrogens with one attached hydrogen (secondary N) is 1. The van der Waals surface area contributed by atoms with E-state index in [9.17, 15) is 14.3 Å². The van der Waals surface area contributed by atoms with Gasteiger partial charge in [-0.05, 0) is 43.5 Å². The van der Waals surface area contributed by atoms with E-state index in [4.69, 9.17) is 14.2 Å². The van der Waals surface area contributed by atoms with Crippen LogP contribution in [-0.4, -0.2) is 58.9 Å². The monoisotopic (exact) mass is 527 g/mol. The summed E-state index contributed by atoms with van der Waals surface area (Å²) in [7, 11) is 3.00. The van der Waals surface area contributed by atoms with Gasteiger partial charge >= 0.3 is 5.97 Å². The van der Waals surface area contributed by atoms with E-state index < -0.39 is 28.6 Å². The first-order valence-corrected chi connectivity index (χ1v) is 12.4. The maximum absolute atomic E-state index is 16.4. The molecular formula is C28H31F2N3O5. The Bertz CT molecular complexity index is 1530. The van der Waals surface area contributed by atoms with Crippen LogP contribution in [0.2, 0.25) is 0 Å². The van der Waals surface area contributed by atoms with Crippen LogP contribution in [0.3, 0.4) is 0 Å². The van der Waals surface area contributed by atoms with Gasteiger partial charge in [0.2, 0.25) is 0 Å². The number of halogens is 2. The maximum Gasteiger partial charge on any atom is 0.335 e. The number of methoxy groups -OCH3 is 2. The van der Waals surface area contributed by atoms with Gasteiger partial charge in [-0.2, -0.15) is 5.10 Å². The molecule has 1 aliphatic heterocycles.